The van der Waals surface area contributed by atoms with Crippen molar-refractivity contribution < 1.29 is 17.6 Å². The Kier molecular flexibility index (Phi) is 7.13. The van der Waals surface area contributed by atoms with Crippen LogP contribution in [0.5, 0.6) is 0 Å². The predicted octanol–water partition coefficient (Wildman–Crippen LogP) is 5.10. The van der Waals surface area contributed by atoms with E-state index in [1.165, 1.54) is 28.6 Å². The van der Waals surface area contributed by atoms with Gasteiger partial charge in [0.1, 0.15) is 0 Å². The van der Waals surface area contributed by atoms with Crippen LogP contribution in [0.25, 0.3) is 0 Å². The van der Waals surface area contributed by atoms with Crippen molar-refractivity contribution in [3.63, 3.8) is 0 Å². The molecular formula is C24H21BrN2O5S2. The molecule has 0 aliphatic carbocycles. The number of nitro benzene ring substituents is 1. The number of alkyl halides is 1. The molecule has 7 nitrogen and oxygen atoms in total. The van der Waals surface area contributed by atoms with Gasteiger partial charge in [0.05, 0.1) is 27.8 Å². The minimum Gasteiger partial charge on any atom is -0.258 e. The van der Waals surface area contributed by atoms with Crippen LogP contribution < -0.4 is 0 Å². The summed E-state index contributed by atoms with van der Waals surface area (Å²) in [6, 6.07) is 19.8. The third-order valence-electron chi connectivity index (χ3n) is 5.55. The third-order valence-corrected chi connectivity index (χ3v) is 9.64. The van der Waals surface area contributed by atoms with E-state index in [-0.39, 0.29) is 5.33 Å². The highest BCUT2D eigenvalue weighted by atomic mass is 79.9. The van der Waals surface area contributed by atoms with Gasteiger partial charge in [-0.25, -0.2) is 12.6 Å². The lowest BCUT2D eigenvalue weighted by molar-refractivity contribution is -0.387. The maximum atomic E-state index is 13.9. The van der Waals surface area contributed by atoms with E-state index in [0.717, 1.165) is 5.56 Å². The van der Waals surface area contributed by atoms with Crippen LogP contribution in [0.2, 0.25) is 0 Å². The lowest BCUT2D eigenvalue weighted by Crippen LogP contribution is -2.39. The van der Waals surface area contributed by atoms with Crippen molar-refractivity contribution in [3.05, 3.63) is 111 Å². The van der Waals surface area contributed by atoms with Gasteiger partial charge >= 0.3 is 0 Å². The Balaban J connectivity index is 1.89. The fourth-order valence-corrected chi connectivity index (χ4v) is 7.98. The summed E-state index contributed by atoms with van der Waals surface area (Å²) < 4.78 is 42.8. The van der Waals surface area contributed by atoms with Crippen molar-refractivity contribution in [3.8, 4) is 0 Å². The molecule has 0 bridgehead atoms. The minimum absolute atomic E-state index is 0.227. The second-order valence-electron chi connectivity index (χ2n) is 7.75. The summed E-state index contributed by atoms with van der Waals surface area (Å²) in [6.07, 6.45) is 1.69. The zero-order chi connectivity index (χ0) is 24.5. The van der Waals surface area contributed by atoms with Gasteiger partial charge in [-0.2, -0.15) is 4.31 Å². The zero-order valence-electron chi connectivity index (χ0n) is 18.1. The smallest absolute Gasteiger partial charge is 0.258 e. The van der Waals surface area contributed by atoms with Crippen LogP contribution in [0, 0.1) is 17.0 Å². The second kappa shape index (κ2) is 9.91. The molecule has 1 heterocycles. The summed E-state index contributed by atoms with van der Waals surface area (Å²) in [7, 11) is -6.00. The average molecular weight is 561 g/mol. The normalized spacial score (nSPS) is 19.5. The van der Waals surface area contributed by atoms with Crippen molar-refractivity contribution in [2.75, 3.05) is 5.33 Å². The van der Waals surface area contributed by atoms with Crippen molar-refractivity contribution in [1.29, 1.82) is 0 Å². The summed E-state index contributed by atoms with van der Waals surface area (Å²) in [6.45, 7) is 1.93. The number of hydrogen-bond donors (Lipinski definition) is 0. The fourth-order valence-electron chi connectivity index (χ4n) is 3.95. The Labute approximate surface area is 208 Å². The molecule has 3 aromatic carbocycles. The van der Waals surface area contributed by atoms with Gasteiger partial charge in [0.2, 0.25) is 0 Å². The van der Waals surface area contributed by atoms with Gasteiger partial charge in [0.15, 0.2) is 4.90 Å². The van der Waals surface area contributed by atoms with E-state index >= 15 is 0 Å². The van der Waals surface area contributed by atoms with Crippen LogP contribution in [0.15, 0.2) is 99.6 Å². The van der Waals surface area contributed by atoms with Gasteiger partial charge < -0.3 is 0 Å². The number of nitro groups is 1. The first-order chi connectivity index (χ1) is 16.3. The molecule has 3 atom stereocenters. The maximum absolute atomic E-state index is 13.9. The Morgan fingerprint density at radius 3 is 2.24 bits per heavy atom. The molecule has 176 valence electrons. The topological polar surface area (TPSA) is 97.6 Å². The lowest BCUT2D eigenvalue weighted by atomic mass is 10.1. The lowest BCUT2D eigenvalue weighted by Gasteiger charge is -2.30. The molecule has 0 amide bonds. The van der Waals surface area contributed by atoms with Crippen LogP contribution in [0.1, 0.15) is 17.2 Å². The molecule has 0 spiro atoms. The molecule has 3 aromatic rings. The molecule has 0 aromatic heterocycles. The number of rotatable bonds is 7. The number of halogens is 1. The van der Waals surface area contributed by atoms with Crippen molar-refractivity contribution >= 4 is 42.4 Å². The standard InChI is InChI=1S/C24H21BrN2O5S2/c1-17-11-13-20(14-12-17)33(30)22-15-19(16-25)26(24(22)18-7-3-2-4-8-18)34(31,32)23-10-6-5-9-21(23)27(28)29/h2-15,19,24H,16H2,1H3/t19-,24-,33-/m0/s1. The molecule has 10 heteroatoms. The molecule has 0 unspecified atom stereocenters. The molecular weight excluding hydrogens is 540 g/mol. The fraction of sp³-hybridized carbons (Fsp3) is 0.167. The first kappa shape index (κ1) is 24.5. The van der Waals surface area contributed by atoms with Crippen LogP contribution in [-0.4, -0.2) is 33.2 Å². The van der Waals surface area contributed by atoms with Gasteiger partial charge in [-0.1, -0.05) is 82.2 Å². The summed E-state index contributed by atoms with van der Waals surface area (Å²) in [5.74, 6) is 0. The Morgan fingerprint density at radius 2 is 1.62 bits per heavy atom. The summed E-state index contributed by atoms with van der Waals surface area (Å²) >= 11 is 3.39. The van der Waals surface area contributed by atoms with Crippen molar-refractivity contribution in [2.45, 2.75) is 28.8 Å². The van der Waals surface area contributed by atoms with Gasteiger partial charge in [-0.05, 0) is 30.7 Å². The maximum Gasteiger partial charge on any atom is 0.289 e. The monoisotopic (exact) mass is 560 g/mol. The van der Waals surface area contributed by atoms with Gasteiger partial charge in [-0.3, -0.25) is 10.1 Å². The van der Waals surface area contributed by atoms with E-state index < -0.39 is 48.4 Å². The van der Waals surface area contributed by atoms with E-state index in [9.17, 15) is 22.7 Å². The van der Waals surface area contributed by atoms with E-state index in [2.05, 4.69) is 15.9 Å². The number of aryl methyl sites for hydroxylation is 1. The Bertz CT molecular complexity index is 1380. The highest BCUT2D eigenvalue weighted by Gasteiger charge is 2.47. The molecule has 0 radical (unpaired) electrons. The van der Waals surface area contributed by atoms with Gasteiger partial charge in [0, 0.05) is 21.2 Å². The van der Waals surface area contributed by atoms with E-state index in [1.807, 2.05) is 25.1 Å². The largest absolute Gasteiger partial charge is 0.289 e. The van der Waals surface area contributed by atoms with Gasteiger partial charge in [-0.15, -0.1) is 0 Å². The molecule has 0 N–H and O–H groups in total. The SMILES string of the molecule is Cc1ccc([S@](=O)C2=C[C@@H](CBr)N(S(=O)(=O)c3ccccc3[N+](=O)[O-])[C@H]2c2ccccc2)cc1. The highest BCUT2D eigenvalue weighted by Crippen LogP contribution is 2.45. The number of benzene rings is 3. The first-order valence-corrected chi connectivity index (χ1v) is 14.0. The first-order valence-electron chi connectivity index (χ1n) is 10.3. The number of hydrogen-bond acceptors (Lipinski definition) is 5. The van der Waals surface area contributed by atoms with E-state index in [1.54, 1.807) is 42.5 Å². The van der Waals surface area contributed by atoms with Crippen LogP contribution >= 0.6 is 15.9 Å². The summed E-state index contributed by atoms with van der Waals surface area (Å²) in [5.41, 5.74) is 1.13. The van der Waals surface area contributed by atoms with Crippen LogP contribution in [-0.2, 0) is 20.8 Å². The van der Waals surface area contributed by atoms with E-state index in [4.69, 9.17) is 0 Å². The summed E-state index contributed by atoms with van der Waals surface area (Å²) in [5, 5.41) is 11.8. The molecule has 4 rings (SSSR count). The summed E-state index contributed by atoms with van der Waals surface area (Å²) in [4.78, 5) is 11.5. The third kappa shape index (κ3) is 4.50. The van der Waals surface area contributed by atoms with Crippen molar-refractivity contribution in [2.24, 2.45) is 0 Å². The quantitative estimate of drug-likeness (QED) is 0.227. The Hall–Kier alpha value is -2.66. The van der Waals surface area contributed by atoms with Crippen LogP contribution in [0.4, 0.5) is 5.69 Å². The molecule has 34 heavy (non-hydrogen) atoms. The molecule has 0 fully saturated rings. The zero-order valence-corrected chi connectivity index (χ0v) is 21.3. The van der Waals surface area contributed by atoms with Crippen molar-refractivity contribution in [1.82, 2.24) is 4.31 Å². The van der Waals surface area contributed by atoms with E-state index in [0.29, 0.717) is 15.4 Å². The minimum atomic E-state index is -4.35. The molecule has 1 aliphatic rings. The highest BCUT2D eigenvalue weighted by molar-refractivity contribution is 9.09. The van der Waals surface area contributed by atoms with Gasteiger partial charge in [0.25, 0.3) is 15.7 Å². The number of sulfonamides is 1. The molecule has 0 saturated carbocycles. The molecule has 1 aliphatic heterocycles. The Morgan fingerprint density at radius 1 is 1.00 bits per heavy atom. The van der Waals surface area contributed by atoms with Crippen LogP contribution in [0.3, 0.4) is 0 Å². The molecule has 0 saturated heterocycles. The number of nitrogens with zero attached hydrogens (tertiary/aromatic N) is 2. The predicted molar refractivity (Wildman–Crippen MR) is 135 cm³/mol. The number of para-hydroxylation sites is 1. The average Bonchev–Trinajstić information content (AvgIpc) is 3.25. The second-order valence-corrected chi connectivity index (χ2v) is 11.7.